The van der Waals surface area contributed by atoms with Crippen LogP contribution < -0.4 is 10.0 Å². The lowest BCUT2D eigenvalue weighted by Gasteiger charge is -2.13. The predicted molar refractivity (Wildman–Crippen MR) is 81.1 cm³/mol. The molecule has 0 aromatic heterocycles. The average Bonchev–Trinajstić information content (AvgIpc) is 2.43. The van der Waals surface area contributed by atoms with Gasteiger partial charge < -0.3 is 10.4 Å². The van der Waals surface area contributed by atoms with Crippen molar-refractivity contribution in [2.75, 3.05) is 0 Å². The molecule has 0 saturated heterocycles. The molecule has 1 aromatic carbocycles. The molecular weight excluding hydrogens is 308 g/mol. The van der Waals surface area contributed by atoms with E-state index in [0.717, 1.165) is 0 Å². The summed E-state index contributed by atoms with van der Waals surface area (Å²) in [5, 5.41) is 11.3. The van der Waals surface area contributed by atoms with Crippen LogP contribution in [0.5, 0.6) is 0 Å². The van der Waals surface area contributed by atoms with E-state index in [1.54, 1.807) is 20.8 Å². The summed E-state index contributed by atoms with van der Waals surface area (Å²) in [6.45, 7) is 5.05. The standard InChI is InChI=1S/C14H20N2O5S/c1-4-12(14(18)19)15-13(17)10-5-7-11(8-6-10)22(20,21)16-9(2)3/h5-9,12,16H,4H2,1-3H3,(H,15,17)(H,18,19). The van der Waals surface area contributed by atoms with E-state index in [-0.39, 0.29) is 22.9 Å². The quantitative estimate of drug-likeness (QED) is 0.690. The van der Waals surface area contributed by atoms with E-state index in [2.05, 4.69) is 10.0 Å². The van der Waals surface area contributed by atoms with Crippen LogP contribution in [0.3, 0.4) is 0 Å². The number of benzene rings is 1. The molecule has 1 atom stereocenters. The van der Waals surface area contributed by atoms with Crippen LogP contribution in [0.1, 0.15) is 37.6 Å². The van der Waals surface area contributed by atoms with Gasteiger partial charge in [-0.25, -0.2) is 17.9 Å². The Morgan fingerprint density at radius 3 is 2.14 bits per heavy atom. The van der Waals surface area contributed by atoms with Gasteiger partial charge in [0.25, 0.3) is 5.91 Å². The number of carboxylic acid groups (broad SMARTS) is 1. The van der Waals surface area contributed by atoms with Crippen LogP contribution in [0, 0.1) is 0 Å². The van der Waals surface area contributed by atoms with Gasteiger partial charge in [-0.15, -0.1) is 0 Å². The third-order valence-corrected chi connectivity index (χ3v) is 4.50. The SMILES string of the molecule is CCC(NC(=O)c1ccc(S(=O)(=O)NC(C)C)cc1)C(=O)O. The Hall–Kier alpha value is -1.93. The van der Waals surface area contributed by atoms with E-state index in [1.165, 1.54) is 24.3 Å². The van der Waals surface area contributed by atoms with E-state index in [4.69, 9.17) is 5.11 Å². The molecule has 0 radical (unpaired) electrons. The number of rotatable bonds is 7. The second kappa shape index (κ2) is 7.37. The summed E-state index contributed by atoms with van der Waals surface area (Å²) in [7, 11) is -3.62. The first-order valence-corrected chi connectivity index (χ1v) is 8.31. The minimum Gasteiger partial charge on any atom is -0.480 e. The number of amides is 1. The number of hydrogen-bond donors (Lipinski definition) is 3. The summed E-state index contributed by atoms with van der Waals surface area (Å²) in [6.07, 6.45) is 0.256. The number of sulfonamides is 1. The van der Waals surface area contributed by atoms with Crippen LogP contribution in [-0.4, -0.2) is 37.5 Å². The Bertz CT molecular complexity index is 638. The van der Waals surface area contributed by atoms with Crippen molar-refractivity contribution in [3.8, 4) is 0 Å². The zero-order chi connectivity index (χ0) is 16.9. The molecule has 8 heteroatoms. The molecule has 0 fully saturated rings. The van der Waals surface area contributed by atoms with E-state index in [1.807, 2.05) is 0 Å². The summed E-state index contributed by atoms with van der Waals surface area (Å²) < 4.78 is 26.3. The van der Waals surface area contributed by atoms with E-state index >= 15 is 0 Å². The Labute approximate surface area is 129 Å². The van der Waals surface area contributed by atoms with Crippen molar-refractivity contribution in [3.05, 3.63) is 29.8 Å². The minimum atomic E-state index is -3.62. The molecule has 1 aromatic rings. The molecule has 0 aliphatic heterocycles. The minimum absolute atomic E-state index is 0.0445. The summed E-state index contributed by atoms with van der Waals surface area (Å²) in [4.78, 5) is 22.8. The number of carbonyl (C=O) groups is 2. The third kappa shape index (κ3) is 4.81. The lowest BCUT2D eigenvalue weighted by atomic mass is 10.1. The first-order chi connectivity index (χ1) is 10.2. The van der Waals surface area contributed by atoms with Gasteiger partial charge in [0, 0.05) is 11.6 Å². The fraction of sp³-hybridized carbons (Fsp3) is 0.429. The largest absolute Gasteiger partial charge is 0.480 e. The Kier molecular flexibility index (Phi) is 6.07. The van der Waals surface area contributed by atoms with E-state index in [0.29, 0.717) is 0 Å². The molecule has 0 saturated carbocycles. The number of carbonyl (C=O) groups excluding carboxylic acids is 1. The predicted octanol–water partition coefficient (Wildman–Crippen LogP) is 0.966. The normalized spacial score (nSPS) is 12.9. The zero-order valence-electron chi connectivity index (χ0n) is 12.7. The molecule has 1 rings (SSSR count). The van der Waals surface area contributed by atoms with Crippen LogP contribution in [0.4, 0.5) is 0 Å². The van der Waals surface area contributed by atoms with Crippen molar-refractivity contribution in [2.45, 2.75) is 44.2 Å². The smallest absolute Gasteiger partial charge is 0.326 e. The van der Waals surface area contributed by atoms with Gasteiger partial charge in [0.05, 0.1) is 4.90 Å². The highest BCUT2D eigenvalue weighted by atomic mass is 32.2. The Balaban J connectivity index is 2.89. The van der Waals surface area contributed by atoms with Crippen molar-refractivity contribution >= 4 is 21.9 Å². The maximum atomic E-state index is 11.9. The van der Waals surface area contributed by atoms with Gasteiger partial charge in [-0.05, 0) is 44.5 Å². The second-order valence-electron chi connectivity index (χ2n) is 5.07. The summed E-state index contributed by atoms with van der Waals surface area (Å²) >= 11 is 0. The molecule has 1 unspecified atom stereocenters. The molecule has 3 N–H and O–H groups in total. The first kappa shape index (κ1) is 18.1. The highest BCUT2D eigenvalue weighted by Gasteiger charge is 2.20. The highest BCUT2D eigenvalue weighted by Crippen LogP contribution is 2.11. The second-order valence-corrected chi connectivity index (χ2v) is 6.79. The molecule has 1 amide bonds. The summed E-state index contributed by atoms with van der Waals surface area (Å²) in [5.74, 6) is -1.67. The average molecular weight is 328 g/mol. The zero-order valence-corrected chi connectivity index (χ0v) is 13.5. The van der Waals surface area contributed by atoms with Crippen LogP contribution in [0.15, 0.2) is 29.2 Å². The monoisotopic (exact) mass is 328 g/mol. The Morgan fingerprint density at radius 1 is 1.18 bits per heavy atom. The molecule has 0 heterocycles. The fourth-order valence-electron chi connectivity index (χ4n) is 1.74. The fourth-order valence-corrected chi connectivity index (χ4v) is 2.99. The summed E-state index contributed by atoms with van der Waals surface area (Å²) in [6, 6.07) is 4.09. The first-order valence-electron chi connectivity index (χ1n) is 6.83. The van der Waals surface area contributed by atoms with E-state index in [9.17, 15) is 18.0 Å². The topological polar surface area (TPSA) is 113 Å². The molecule has 7 nitrogen and oxygen atoms in total. The van der Waals surface area contributed by atoms with Crippen LogP contribution >= 0.6 is 0 Å². The molecule has 0 aliphatic carbocycles. The van der Waals surface area contributed by atoms with Crippen molar-refractivity contribution in [3.63, 3.8) is 0 Å². The molecule has 0 aliphatic rings. The van der Waals surface area contributed by atoms with Gasteiger partial charge in [0.15, 0.2) is 0 Å². The van der Waals surface area contributed by atoms with Gasteiger partial charge >= 0.3 is 5.97 Å². The molecule has 22 heavy (non-hydrogen) atoms. The van der Waals surface area contributed by atoms with Crippen molar-refractivity contribution in [2.24, 2.45) is 0 Å². The molecule has 0 spiro atoms. The lowest BCUT2D eigenvalue weighted by Crippen LogP contribution is -2.40. The van der Waals surface area contributed by atoms with Gasteiger partial charge in [-0.2, -0.15) is 0 Å². The van der Waals surface area contributed by atoms with Gasteiger partial charge in [0.1, 0.15) is 6.04 Å². The lowest BCUT2D eigenvalue weighted by molar-refractivity contribution is -0.139. The molecule has 122 valence electrons. The van der Waals surface area contributed by atoms with Gasteiger partial charge in [-0.3, -0.25) is 4.79 Å². The maximum absolute atomic E-state index is 11.9. The third-order valence-electron chi connectivity index (χ3n) is 2.83. The van der Waals surface area contributed by atoms with Crippen molar-refractivity contribution < 1.29 is 23.1 Å². The van der Waals surface area contributed by atoms with Crippen LogP contribution in [-0.2, 0) is 14.8 Å². The van der Waals surface area contributed by atoms with E-state index < -0.39 is 27.9 Å². The number of hydrogen-bond acceptors (Lipinski definition) is 4. The van der Waals surface area contributed by atoms with Crippen LogP contribution in [0.2, 0.25) is 0 Å². The van der Waals surface area contributed by atoms with Gasteiger partial charge in [0.2, 0.25) is 10.0 Å². The highest BCUT2D eigenvalue weighted by molar-refractivity contribution is 7.89. The van der Waals surface area contributed by atoms with Crippen LogP contribution in [0.25, 0.3) is 0 Å². The number of carboxylic acids is 1. The molecular formula is C14H20N2O5S. The van der Waals surface area contributed by atoms with Crippen molar-refractivity contribution in [1.82, 2.24) is 10.0 Å². The van der Waals surface area contributed by atoms with Gasteiger partial charge in [-0.1, -0.05) is 6.92 Å². The maximum Gasteiger partial charge on any atom is 0.326 e. The van der Waals surface area contributed by atoms with Crippen molar-refractivity contribution in [1.29, 1.82) is 0 Å². The molecule has 0 bridgehead atoms. The number of aliphatic carboxylic acids is 1. The Morgan fingerprint density at radius 2 is 1.73 bits per heavy atom. The summed E-state index contributed by atoms with van der Waals surface area (Å²) in [5.41, 5.74) is 0.197. The number of nitrogens with one attached hydrogen (secondary N) is 2.